The van der Waals surface area contributed by atoms with Gasteiger partial charge in [-0.15, -0.1) is 0 Å². The number of aliphatic hydroxyl groups is 1. The topological polar surface area (TPSA) is 103 Å². The fourth-order valence-corrected chi connectivity index (χ4v) is 5.91. The predicted octanol–water partition coefficient (Wildman–Crippen LogP) is 2.84. The molecule has 2 aliphatic carbocycles. The maximum Gasteiger partial charge on any atom is 0.315 e. The lowest BCUT2D eigenvalue weighted by Crippen LogP contribution is -2.59. The third-order valence-corrected chi connectivity index (χ3v) is 7.77. The Morgan fingerprint density at radius 3 is 2.68 bits per heavy atom. The predicted molar refractivity (Wildman–Crippen MR) is 120 cm³/mol. The van der Waals surface area contributed by atoms with E-state index in [1.54, 1.807) is 6.20 Å². The van der Waals surface area contributed by atoms with Gasteiger partial charge in [-0.1, -0.05) is 26.8 Å². The molecule has 3 rings (SSSR count). The normalized spacial score (nSPS) is 33.6. The average Bonchev–Trinajstić information content (AvgIpc) is 2.75. The van der Waals surface area contributed by atoms with Gasteiger partial charge in [-0.05, 0) is 67.9 Å². The number of amides is 3. The van der Waals surface area contributed by atoms with Gasteiger partial charge in [-0.2, -0.15) is 0 Å². The van der Waals surface area contributed by atoms with Crippen LogP contribution < -0.4 is 16.0 Å². The SMILES string of the molecule is CCNC(=O)NC1CCC2(C)CCC(C(C)C(=O)NCc3ccccn3)C(O)C2C1C. The Morgan fingerprint density at radius 1 is 1.26 bits per heavy atom. The smallest absolute Gasteiger partial charge is 0.315 e. The average molecular weight is 431 g/mol. The number of nitrogens with one attached hydrogen (secondary N) is 3. The number of aromatic nitrogens is 1. The molecule has 4 N–H and O–H groups in total. The summed E-state index contributed by atoms with van der Waals surface area (Å²) in [4.78, 5) is 29.2. The minimum Gasteiger partial charge on any atom is -0.392 e. The molecule has 3 amide bonds. The summed E-state index contributed by atoms with van der Waals surface area (Å²) < 4.78 is 0. The van der Waals surface area contributed by atoms with E-state index in [-0.39, 0.29) is 47.1 Å². The lowest BCUT2D eigenvalue weighted by Gasteiger charge is -2.56. The fourth-order valence-electron chi connectivity index (χ4n) is 5.91. The van der Waals surface area contributed by atoms with Gasteiger partial charge >= 0.3 is 6.03 Å². The van der Waals surface area contributed by atoms with Crippen molar-refractivity contribution in [2.75, 3.05) is 6.54 Å². The van der Waals surface area contributed by atoms with E-state index in [1.807, 2.05) is 32.0 Å². The van der Waals surface area contributed by atoms with Crippen LogP contribution >= 0.6 is 0 Å². The first-order valence-corrected chi connectivity index (χ1v) is 11.7. The molecule has 2 saturated carbocycles. The van der Waals surface area contributed by atoms with Crippen molar-refractivity contribution in [3.63, 3.8) is 0 Å². The molecule has 0 aliphatic heterocycles. The molecule has 0 aromatic carbocycles. The summed E-state index contributed by atoms with van der Waals surface area (Å²) in [7, 11) is 0. The molecular formula is C24H38N4O3. The van der Waals surface area contributed by atoms with Crippen LogP contribution in [0.15, 0.2) is 24.4 Å². The third-order valence-electron chi connectivity index (χ3n) is 7.77. The highest BCUT2D eigenvalue weighted by atomic mass is 16.3. The van der Waals surface area contributed by atoms with Gasteiger partial charge in [0.15, 0.2) is 0 Å². The fraction of sp³-hybridized carbons (Fsp3) is 0.708. The van der Waals surface area contributed by atoms with Crippen LogP contribution in [0, 0.1) is 29.1 Å². The van der Waals surface area contributed by atoms with Crippen molar-refractivity contribution in [1.29, 1.82) is 0 Å². The van der Waals surface area contributed by atoms with Crippen LogP contribution in [0.2, 0.25) is 0 Å². The second-order valence-corrected chi connectivity index (χ2v) is 9.71. The van der Waals surface area contributed by atoms with Crippen LogP contribution in [0.25, 0.3) is 0 Å². The van der Waals surface area contributed by atoms with Crippen LogP contribution in [0.4, 0.5) is 4.79 Å². The minimum atomic E-state index is -0.566. The van der Waals surface area contributed by atoms with Crippen molar-refractivity contribution >= 4 is 11.9 Å². The molecule has 0 saturated heterocycles. The number of rotatable bonds is 6. The largest absolute Gasteiger partial charge is 0.392 e. The number of hydrogen-bond acceptors (Lipinski definition) is 4. The highest BCUT2D eigenvalue weighted by molar-refractivity contribution is 5.78. The number of carbonyl (C=O) groups is 2. The lowest BCUT2D eigenvalue weighted by molar-refractivity contribution is -0.142. The van der Waals surface area contributed by atoms with Crippen molar-refractivity contribution < 1.29 is 14.7 Å². The second-order valence-electron chi connectivity index (χ2n) is 9.71. The number of aliphatic hydroxyl groups excluding tert-OH is 1. The lowest BCUT2D eigenvalue weighted by atomic mass is 9.52. The van der Waals surface area contributed by atoms with E-state index in [1.165, 1.54) is 0 Å². The van der Waals surface area contributed by atoms with Crippen molar-refractivity contribution in [2.24, 2.45) is 29.1 Å². The summed E-state index contributed by atoms with van der Waals surface area (Å²) in [5, 5.41) is 20.3. The quantitative estimate of drug-likeness (QED) is 0.557. The first kappa shape index (κ1) is 23.5. The van der Waals surface area contributed by atoms with Crippen molar-refractivity contribution in [2.45, 2.75) is 72.1 Å². The molecule has 0 spiro atoms. The summed E-state index contributed by atoms with van der Waals surface area (Å²) >= 11 is 0. The van der Waals surface area contributed by atoms with E-state index in [0.717, 1.165) is 31.4 Å². The molecule has 7 heteroatoms. The number of nitrogens with zero attached hydrogens (tertiary/aromatic N) is 1. The molecule has 2 fully saturated rings. The van der Waals surface area contributed by atoms with Crippen LogP contribution in [0.1, 0.15) is 59.1 Å². The van der Waals surface area contributed by atoms with E-state index in [9.17, 15) is 14.7 Å². The maximum absolute atomic E-state index is 12.8. The molecule has 0 radical (unpaired) electrons. The Bertz CT molecular complexity index is 758. The molecule has 31 heavy (non-hydrogen) atoms. The number of hydrogen-bond donors (Lipinski definition) is 4. The Hall–Kier alpha value is -2.15. The minimum absolute atomic E-state index is 0.0336. The highest BCUT2D eigenvalue weighted by Crippen LogP contribution is 2.55. The second kappa shape index (κ2) is 9.98. The van der Waals surface area contributed by atoms with E-state index in [0.29, 0.717) is 13.1 Å². The zero-order chi connectivity index (χ0) is 22.6. The van der Waals surface area contributed by atoms with Gasteiger partial charge in [0.1, 0.15) is 0 Å². The zero-order valence-corrected chi connectivity index (χ0v) is 19.2. The third kappa shape index (κ3) is 5.20. The number of urea groups is 1. The molecule has 1 aromatic rings. The first-order valence-electron chi connectivity index (χ1n) is 11.7. The molecule has 1 aromatic heterocycles. The molecule has 1 heterocycles. The van der Waals surface area contributed by atoms with Gasteiger partial charge in [0.2, 0.25) is 5.91 Å². The molecule has 7 atom stereocenters. The number of fused-ring (bicyclic) bond motifs is 1. The summed E-state index contributed by atoms with van der Waals surface area (Å²) in [5.41, 5.74) is 0.860. The first-order chi connectivity index (χ1) is 14.8. The molecule has 172 valence electrons. The molecule has 7 unspecified atom stereocenters. The monoisotopic (exact) mass is 430 g/mol. The molecule has 7 nitrogen and oxygen atoms in total. The Kier molecular flexibility index (Phi) is 7.57. The van der Waals surface area contributed by atoms with Gasteiger partial charge in [-0.25, -0.2) is 4.79 Å². The summed E-state index contributed by atoms with van der Waals surface area (Å²) in [6, 6.07) is 5.53. The van der Waals surface area contributed by atoms with E-state index < -0.39 is 6.10 Å². The van der Waals surface area contributed by atoms with Gasteiger partial charge in [0.05, 0.1) is 18.3 Å². The van der Waals surface area contributed by atoms with E-state index in [2.05, 4.69) is 34.8 Å². The van der Waals surface area contributed by atoms with E-state index in [4.69, 9.17) is 0 Å². The van der Waals surface area contributed by atoms with Gasteiger partial charge < -0.3 is 21.1 Å². The van der Waals surface area contributed by atoms with Crippen molar-refractivity contribution in [3.05, 3.63) is 30.1 Å². The van der Waals surface area contributed by atoms with Crippen molar-refractivity contribution in [3.8, 4) is 0 Å². The molecular weight excluding hydrogens is 392 g/mol. The van der Waals surface area contributed by atoms with Crippen LogP contribution in [-0.4, -0.2) is 40.7 Å². The van der Waals surface area contributed by atoms with Gasteiger partial charge in [0.25, 0.3) is 0 Å². The zero-order valence-electron chi connectivity index (χ0n) is 19.2. The molecule has 2 aliphatic rings. The van der Waals surface area contributed by atoms with Gasteiger partial charge in [0, 0.05) is 24.7 Å². The van der Waals surface area contributed by atoms with Gasteiger partial charge in [-0.3, -0.25) is 9.78 Å². The van der Waals surface area contributed by atoms with Crippen LogP contribution in [0.3, 0.4) is 0 Å². The Labute approximate surface area is 185 Å². The maximum atomic E-state index is 12.8. The van der Waals surface area contributed by atoms with Crippen molar-refractivity contribution in [1.82, 2.24) is 20.9 Å². The van der Waals surface area contributed by atoms with Crippen LogP contribution in [0.5, 0.6) is 0 Å². The highest BCUT2D eigenvalue weighted by Gasteiger charge is 2.53. The summed E-state index contributed by atoms with van der Waals surface area (Å²) in [6.45, 7) is 9.20. The van der Waals surface area contributed by atoms with E-state index >= 15 is 0 Å². The van der Waals surface area contributed by atoms with Crippen LogP contribution in [-0.2, 0) is 11.3 Å². The Balaban J connectivity index is 1.66. The summed E-state index contributed by atoms with van der Waals surface area (Å²) in [5.74, 6) is -0.223. The number of pyridine rings is 1. The Morgan fingerprint density at radius 2 is 2.00 bits per heavy atom. The number of carbonyl (C=O) groups excluding carboxylic acids is 2. The molecule has 0 bridgehead atoms. The summed E-state index contributed by atoms with van der Waals surface area (Å²) in [6.07, 6.45) is 4.88. The standard InChI is InChI=1S/C24H38N4O3/c1-5-25-23(31)28-19-10-12-24(4)11-9-18(21(29)20(24)16(19)3)15(2)22(30)27-14-17-8-6-7-13-26-17/h6-8,13,15-16,18-21,29H,5,9-12,14H2,1-4H3,(H,27,30)(H2,25,28,31).